The molecule has 0 aliphatic heterocycles. The van der Waals surface area contributed by atoms with Crippen LogP contribution in [0.4, 0.5) is 0 Å². The maximum Gasteiger partial charge on any atom is 0.302 e. The molecule has 0 saturated heterocycles. The van der Waals surface area contributed by atoms with Crippen molar-refractivity contribution in [2.75, 3.05) is 6.61 Å². The molecule has 0 spiro atoms. The van der Waals surface area contributed by atoms with Crippen molar-refractivity contribution < 1.29 is 9.53 Å². The maximum atomic E-state index is 10.6. The summed E-state index contributed by atoms with van der Waals surface area (Å²) < 4.78 is 4.98. The Morgan fingerprint density at radius 1 is 1.43 bits per heavy atom. The van der Waals surface area contributed by atoms with E-state index in [-0.39, 0.29) is 5.97 Å². The molecular formula is C12H14O2. The molecular weight excluding hydrogens is 176 g/mol. The van der Waals surface area contributed by atoms with Crippen LogP contribution in [0.3, 0.4) is 0 Å². The molecule has 1 fully saturated rings. The molecule has 1 saturated carbocycles. The number of esters is 1. The Morgan fingerprint density at radius 3 is 2.79 bits per heavy atom. The summed E-state index contributed by atoms with van der Waals surface area (Å²) >= 11 is 0. The Bertz CT molecular complexity index is 318. The van der Waals surface area contributed by atoms with Gasteiger partial charge in [0.05, 0.1) is 6.61 Å². The van der Waals surface area contributed by atoms with E-state index >= 15 is 0 Å². The Balaban J connectivity index is 1.85. The van der Waals surface area contributed by atoms with Crippen molar-refractivity contribution in [3.8, 4) is 0 Å². The summed E-state index contributed by atoms with van der Waals surface area (Å²) in [5.74, 6) is 0.973. The van der Waals surface area contributed by atoms with E-state index in [2.05, 4.69) is 24.3 Å². The topological polar surface area (TPSA) is 26.3 Å². The highest BCUT2D eigenvalue weighted by molar-refractivity contribution is 5.65. The smallest absolute Gasteiger partial charge is 0.302 e. The van der Waals surface area contributed by atoms with Gasteiger partial charge in [0, 0.05) is 12.8 Å². The SMILES string of the molecule is CC(=O)OC[C@H]1C[C@H]1c1ccccc1. The predicted octanol–water partition coefficient (Wildman–Crippen LogP) is 2.35. The van der Waals surface area contributed by atoms with Crippen molar-refractivity contribution in [1.82, 2.24) is 0 Å². The van der Waals surface area contributed by atoms with E-state index in [0.717, 1.165) is 6.42 Å². The van der Waals surface area contributed by atoms with E-state index < -0.39 is 0 Å². The van der Waals surface area contributed by atoms with Gasteiger partial charge in [-0.3, -0.25) is 4.79 Å². The van der Waals surface area contributed by atoms with Crippen molar-refractivity contribution in [2.45, 2.75) is 19.3 Å². The van der Waals surface area contributed by atoms with Gasteiger partial charge in [-0.1, -0.05) is 30.3 Å². The minimum Gasteiger partial charge on any atom is -0.466 e. The van der Waals surface area contributed by atoms with Crippen LogP contribution in [0.1, 0.15) is 24.8 Å². The first-order chi connectivity index (χ1) is 6.77. The molecule has 0 heterocycles. The highest BCUT2D eigenvalue weighted by Gasteiger charge is 2.38. The molecule has 2 heteroatoms. The molecule has 1 aromatic carbocycles. The third-order valence-electron chi connectivity index (χ3n) is 2.65. The number of hydrogen-bond acceptors (Lipinski definition) is 2. The molecule has 2 atom stereocenters. The van der Waals surface area contributed by atoms with E-state index in [1.807, 2.05) is 6.07 Å². The summed E-state index contributed by atoms with van der Waals surface area (Å²) in [6.45, 7) is 2.04. The van der Waals surface area contributed by atoms with Crippen LogP contribution < -0.4 is 0 Å². The van der Waals surface area contributed by atoms with Gasteiger partial charge >= 0.3 is 5.97 Å². The third-order valence-corrected chi connectivity index (χ3v) is 2.65. The quantitative estimate of drug-likeness (QED) is 0.684. The van der Waals surface area contributed by atoms with Crippen LogP contribution in [0.2, 0.25) is 0 Å². The van der Waals surface area contributed by atoms with Crippen LogP contribution in [0.25, 0.3) is 0 Å². The Kier molecular flexibility index (Phi) is 2.53. The van der Waals surface area contributed by atoms with Crippen LogP contribution in [0.15, 0.2) is 30.3 Å². The second-order valence-corrected chi connectivity index (χ2v) is 3.82. The summed E-state index contributed by atoms with van der Waals surface area (Å²) in [6, 6.07) is 10.4. The number of carbonyl (C=O) groups is 1. The first-order valence-electron chi connectivity index (χ1n) is 4.95. The summed E-state index contributed by atoms with van der Waals surface area (Å²) in [5.41, 5.74) is 1.37. The van der Waals surface area contributed by atoms with Gasteiger partial charge in [0.2, 0.25) is 0 Å². The van der Waals surface area contributed by atoms with Crippen molar-refractivity contribution in [3.63, 3.8) is 0 Å². The summed E-state index contributed by atoms with van der Waals surface area (Å²) in [5, 5.41) is 0. The molecule has 1 aromatic rings. The van der Waals surface area contributed by atoms with Crippen LogP contribution >= 0.6 is 0 Å². The highest BCUT2D eigenvalue weighted by atomic mass is 16.5. The molecule has 14 heavy (non-hydrogen) atoms. The maximum absolute atomic E-state index is 10.6. The molecule has 0 unspecified atom stereocenters. The number of ether oxygens (including phenoxy) is 1. The Morgan fingerprint density at radius 2 is 2.14 bits per heavy atom. The summed E-state index contributed by atoms with van der Waals surface area (Å²) in [7, 11) is 0. The van der Waals surface area contributed by atoms with E-state index in [4.69, 9.17) is 4.74 Å². The second-order valence-electron chi connectivity index (χ2n) is 3.82. The molecule has 74 valence electrons. The first-order valence-corrected chi connectivity index (χ1v) is 4.95. The van der Waals surface area contributed by atoms with Crippen LogP contribution in [-0.2, 0) is 9.53 Å². The van der Waals surface area contributed by atoms with Crippen molar-refractivity contribution >= 4 is 5.97 Å². The van der Waals surface area contributed by atoms with Gasteiger partial charge in [-0.05, 0) is 17.9 Å². The van der Waals surface area contributed by atoms with Crippen molar-refractivity contribution in [1.29, 1.82) is 0 Å². The predicted molar refractivity (Wildman–Crippen MR) is 53.9 cm³/mol. The molecule has 2 nitrogen and oxygen atoms in total. The second kappa shape index (κ2) is 3.82. The summed E-state index contributed by atoms with van der Waals surface area (Å²) in [6.07, 6.45) is 1.15. The van der Waals surface area contributed by atoms with Gasteiger partial charge in [-0.15, -0.1) is 0 Å². The van der Waals surface area contributed by atoms with E-state index in [9.17, 15) is 4.79 Å². The Hall–Kier alpha value is -1.31. The minimum absolute atomic E-state index is 0.177. The van der Waals surface area contributed by atoms with Crippen LogP contribution in [0, 0.1) is 5.92 Å². The minimum atomic E-state index is -0.177. The molecule has 0 amide bonds. The van der Waals surface area contributed by atoms with E-state index in [1.54, 1.807) is 0 Å². The lowest BCUT2D eigenvalue weighted by atomic mass is 10.1. The average Bonchev–Trinajstić information content (AvgIpc) is 2.95. The fourth-order valence-corrected chi connectivity index (χ4v) is 1.76. The third kappa shape index (κ3) is 2.13. The van der Waals surface area contributed by atoms with Gasteiger partial charge in [0.1, 0.15) is 0 Å². The molecule has 1 aliphatic carbocycles. The van der Waals surface area contributed by atoms with Gasteiger partial charge in [0.25, 0.3) is 0 Å². The largest absolute Gasteiger partial charge is 0.466 e. The van der Waals surface area contributed by atoms with E-state index in [0.29, 0.717) is 18.4 Å². The van der Waals surface area contributed by atoms with Crippen molar-refractivity contribution in [3.05, 3.63) is 35.9 Å². The van der Waals surface area contributed by atoms with E-state index in [1.165, 1.54) is 12.5 Å². The van der Waals surface area contributed by atoms with Gasteiger partial charge < -0.3 is 4.74 Å². The van der Waals surface area contributed by atoms with Crippen molar-refractivity contribution in [2.24, 2.45) is 5.92 Å². The fraction of sp³-hybridized carbons (Fsp3) is 0.417. The average molecular weight is 190 g/mol. The standard InChI is InChI=1S/C12H14O2/c1-9(13)14-8-11-7-12(11)10-5-3-2-4-6-10/h2-6,11-12H,7-8H2,1H3/t11-,12+/m1/s1. The number of rotatable bonds is 3. The number of hydrogen-bond donors (Lipinski definition) is 0. The molecule has 0 radical (unpaired) electrons. The first kappa shape index (κ1) is 9.25. The molecule has 0 aromatic heterocycles. The fourth-order valence-electron chi connectivity index (χ4n) is 1.76. The normalized spacial score (nSPS) is 24.4. The zero-order valence-electron chi connectivity index (χ0n) is 8.27. The number of benzene rings is 1. The van der Waals surface area contributed by atoms with Gasteiger partial charge in [-0.2, -0.15) is 0 Å². The molecule has 0 N–H and O–H groups in total. The van der Waals surface area contributed by atoms with Crippen LogP contribution in [-0.4, -0.2) is 12.6 Å². The van der Waals surface area contributed by atoms with Crippen LogP contribution in [0.5, 0.6) is 0 Å². The summed E-state index contributed by atoms with van der Waals surface area (Å²) in [4.78, 5) is 10.6. The molecule has 0 bridgehead atoms. The zero-order valence-corrected chi connectivity index (χ0v) is 8.27. The van der Waals surface area contributed by atoms with Gasteiger partial charge in [-0.25, -0.2) is 0 Å². The monoisotopic (exact) mass is 190 g/mol. The zero-order chi connectivity index (χ0) is 9.97. The molecule has 2 rings (SSSR count). The lowest BCUT2D eigenvalue weighted by Crippen LogP contribution is -2.02. The number of carbonyl (C=O) groups excluding carboxylic acids is 1. The van der Waals surface area contributed by atoms with Gasteiger partial charge in [0.15, 0.2) is 0 Å². The highest BCUT2D eigenvalue weighted by Crippen LogP contribution is 2.47. The lowest BCUT2D eigenvalue weighted by Gasteiger charge is -2.01. The Labute approximate surface area is 83.9 Å². The molecule has 1 aliphatic rings. The lowest BCUT2D eigenvalue weighted by molar-refractivity contribution is -0.141.